The number of para-hydroxylation sites is 1. The largest absolute Gasteiger partial charge is 0.496 e. The van der Waals surface area contributed by atoms with Crippen LogP contribution in [0.5, 0.6) is 5.75 Å². The fourth-order valence-corrected chi connectivity index (χ4v) is 3.21. The number of aliphatic carboxylic acids is 1. The normalized spacial score (nSPS) is 28.1. The summed E-state index contributed by atoms with van der Waals surface area (Å²) in [5, 5.41) is 9.64. The summed E-state index contributed by atoms with van der Waals surface area (Å²) >= 11 is 0. The predicted molar refractivity (Wildman–Crippen MR) is 80.8 cm³/mol. The Morgan fingerprint density at radius 2 is 2.09 bits per heavy atom. The standard InChI is InChI=1S/C18H14O5/c19-16-15(13-8-4-5-11-9-22-10-14(11)13)18(16,17(20)21)23-12-6-2-1-3-7-12/h1-4,6-9,15H,5,10H2,(H,20,21). The van der Waals surface area contributed by atoms with Crippen LogP contribution in [0.1, 0.15) is 6.42 Å². The highest BCUT2D eigenvalue weighted by atomic mass is 16.5. The molecule has 0 aromatic heterocycles. The SMILES string of the molecule is O=C(O)C1(Oc2ccccc2)C(=O)C1C1=C2COC=C2CC=C1. The summed E-state index contributed by atoms with van der Waals surface area (Å²) in [6, 6.07) is 8.56. The van der Waals surface area contributed by atoms with Crippen molar-refractivity contribution < 1.29 is 24.2 Å². The van der Waals surface area contributed by atoms with Crippen molar-refractivity contribution in [2.24, 2.45) is 5.92 Å². The van der Waals surface area contributed by atoms with Crippen molar-refractivity contribution in [3.8, 4) is 5.75 Å². The van der Waals surface area contributed by atoms with Crippen molar-refractivity contribution in [3.63, 3.8) is 0 Å². The van der Waals surface area contributed by atoms with Crippen LogP contribution in [0.3, 0.4) is 0 Å². The number of benzene rings is 1. The molecule has 1 aromatic rings. The number of carboxylic acid groups (broad SMARTS) is 1. The molecule has 2 atom stereocenters. The van der Waals surface area contributed by atoms with Gasteiger partial charge in [-0.25, -0.2) is 4.79 Å². The molecule has 2 unspecified atom stereocenters. The summed E-state index contributed by atoms with van der Waals surface area (Å²) in [5.41, 5.74) is 0.772. The molecule has 1 heterocycles. The van der Waals surface area contributed by atoms with Crippen LogP contribution in [-0.4, -0.2) is 29.1 Å². The Balaban J connectivity index is 1.73. The molecule has 2 aliphatic carbocycles. The summed E-state index contributed by atoms with van der Waals surface area (Å²) < 4.78 is 10.9. The molecule has 0 saturated heterocycles. The van der Waals surface area contributed by atoms with Gasteiger partial charge in [0.05, 0.1) is 6.26 Å². The van der Waals surface area contributed by atoms with E-state index in [1.807, 2.05) is 12.2 Å². The molecule has 1 N–H and O–H groups in total. The van der Waals surface area contributed by atoms with Gasteiger partial charge in [0.25, 0.3) is 5.60 Å². The number of ketones is 1. The van der Waals surface area contributed by atoms with E-state index in [1.165, 1.54) is 0 Å². The van der Waals surface area contributed by atoms with Gasteiger partial charge >= 0.3 is 5.97 Å². The lowest BCUT2D eigenvalue weighted by atomic mass is 9.91. The molecule has 5 heteroatoms. The molecule has 1 fully saturated rings. The zero-order valence-electron chi connectivity index (χ0n) is 12.2. The number of carbonyl (C=O) groups is 2. The minimum absolute atomic E-state index is 0.370. The monoisotopic (exact) mass is 310 g/mol. The summed E-state index contributed by atoms with van der Waals surface area (Å²) in [6.07, 6.45) is 6.15. The molecule has 0 amide bonds. The van der Waals surface area contributed by atoms with E-state index >= 15 is 0 Å². The van der Waals surface area contributed by atoms with Gasteiger partial charge in [0, 0.05) is 0 Å². The van der Waals surface area contributed by atoms with Crippen LogP contribution in [0, 0.1) is 5.92 Å². The Morgan fingerprint density at radius 1 is 1.30 bits per heavy atom. The zero-order chi connectivity index (χ0) is 16.0. The van der Waals surface area contributed by atoms with Crippen molar-refractivity contribution >= 4 is 11.8 Å². The van der Waals surface area contributed by atoms with E-state index in [9.17, 15) is 14.7 Å². The highest BCUT2D eigenvalue weighted by Crippen LogP contribution is 2.51. The van der Waals surface area contributed by atoms with Gasteiger partial charge in [-0.2, -0.15) is 0 Å². The molecule has 3 aliphatic rings. The average molecular weight is 310 g/mol. The number of allylic oxidation sites excluding steroid dienone is 2. The minimum atomic E-state index is -1.83. The number of Topliss-reactive ketones (excluding diaryl/α,β-unsaturated/α-hetero) is 1. The maximum absolute atomic E-state index is 12.4. The number of fused-ring (bicyclic) bond motifs is 1. The lowest BCUT2D eigenvalue weighted by Crippen LogP contribution is -2.34. The Morgan fingerprint density at radius 3 is 2.83 bits per heavy atom. The summed E-state index contributed by atoms with van der Waals surface area (Å²) in [7, 11) is 0. The molecule has 0 radical (unpaired) electrons. The van der Waals surface area contributed by atoms with Gasteiger partial charge in [0.1, 0.15) is 18.3 Å². The van der Waals surface area contributed by atoms with Crippen LogP contribution in [-0.2, 0) is 14.3 Å². The second-order valence-corrected chi connectivity index (χ2v) is 5.75. The van der Waals surface area contributed by atoms with Gasteiger partial charge in [-0.3, -0.25) is 4.79 Å². The summed E-state index contributed by atoms with van der Waals surface area (Å²) in [4.78, 5) is 24.2. The van der Waals surface area contributed by atoms with Gasteiger partial charge in [0.15, 0.2) is 0 Å². The van der Waals surface area contributed by atoms with Crippen LogP contribution < -0.4 is 4.74 Å². The molecule has 116 valence electrons. The number of hydrogen-bond donors (Lipinski definition) is 1. The van der Waals surface area contributed by atoms with Crippen molar-refractivity contribution in [2.75, 3.05) is 6.61 Å². The Kier molecular flexibility index (Phi) is 2.91. The van der Waals surface area contributed by atoms with Gasteiger partial charge in [0.2, 0.25) is 5.78 Å². The molecule has 0 spiro atoms. The van der Waals surface area contributed by atoms with Crippen molar-refractivity contribution in [1.29, 1.82) is 0 Å². The first-order chi connectivity index (χ1) is 11.1. The highest BCUT2D eigenvalue weighted by molar-refractivity contribution is 6.25. The van der Waals surface area contributed by atoms with E-state index in [0.717, 1.165) is 17.6 Å². The number of ether oxygens (including phenoxy) is 2. The third-order valence-corrected chi connectivity index (χ3v) is 4.43. The number of carbonyl (C=O) groups excluding carboxylic acids is 1. The highest BCUT2D eigenvalue weighted by Gasteiger charge is 2.75. The average Bonchev–Trinajstić information content (AvgIpc) is 2.94. The maximum atomic E-state index is 12.4. The van der Waals surface area contributed by atoms with E-state index in [1.54, 1.807) is 36.6 Å². The van der Waals surface area contributed by atoms with Gasteiger partial charge in [-0.1, -0.05) is 30.4 Å². The first-order valence-corrected chi connectivity index (χ1v) is 7.37. The smallest absolute Gasteiger partial charge is 0.357 e. The van der Waals surface area contributed by atoms with Crippen molar-refractivity contribution in [2.45, 2.75) is 12.0 Å². The van der Waals surface area contributed by atoms with E-state index in [2.05, 4.69) is 0 Å². The Bertz CT molecular complexity index is 787. The molecular formula is C18H14O5. The van der Waals surface area contributed by atoms with Gasteiger partial charge < -0.3 is 14.6 Å². The molecule has 4 rings (SSSR count). The van der Waals surface area contributed by atoms with E-state index in [-0.39, 0.29) is 0 Å². The molecular weight excluding hydrogens is 296 g/mol. The second-order valence-electron chi connectivity index (χ2n) is 5.75. The number of hydrogen-bond acceptors (Lipinski definition) is 4. The molecule has 0 bridgehead atoms. The molecule has 1 aromatic carbocycles. The summed E-state index contributed by atoms with van der Waals surface area (Å²) in [6.45, 7) is 0.375. The van der Waals surface area contributed by atoms with Crippen molar-refractivity contribution in [1.82, 2.24) is 0 Å². The molecule has 23 heavy (non-hydrogen) atoms. The van der Waals surface area contributed by atoms with Gasteiger partial charge in [-0.05, 0) is 35.3 Å². The fourth-order valence-electron chi connectivity index (χ4n) is 3.21. The minimum Gasteiger partial charge on any atom is -0.496 e. The molecule has 5 nitrogen and oxygen atoms in total. The topological polar surface area (TPSA) is 72.8 Å². The van der Waals surface area contributed by atoms with E-state index in [4.69, 9.17) is 9.47 Å². The van der Waals surface area contributed by atoms with Crippen LogP contribution in [0.4, 0.5) is 0 Å². The number of rotatable bonds is 4. The second kappa shape index (κ2) is 4.84. The molecule has 1 aliphatic heterocycles. The predicted octanol–water partition coefficient (Wildman–Crippen LogP) is 2.26. The maximum Gasteiger partial charge on any atom is 0.357 e. The fraction of sp³-hybridized carbons (Fsp3) is 0.222. The quantitative estimate of drug-likeness (QED) is 0.864. The Labute approximate surface area is 132 Å². The van der Waals surface area contributed by atoms with Crippen LogP contribution in [0.15, 0.2) is 65.5 Å². The lowest BCUT2D eigenvalue weighted by molar-refractivity contribution is -0.149. The molecule has 1 saturated carbocycles. The third kappa shape index (κ3) is 1.93. The van der Waals surface area contributed by atoms with Crippen LogP contribution >= 0.6 is 0 Å². The summed E-state index contributed by atoms with van der Waals surface area (Å²) in [5.74, 6) is -2.10. The third-order valence-electron chi connectivity index (χ3n) is 4.43. The first-order valence-electron chi connectivity index (χ1n) is 7.37. The van der Waals surface area contributed by atoms with Crippen LogP contribution in [0.25, 0.3) is 0 Å². The Hall–Kier alpha value is -2.82. The first kappa shape index (κ1) is 13.8. The zero-order valence-corrected chi connectivity index (χ0v) is 12.2. The lowest BCUT2D eigenvalue weighted by Gasteiger charge is -2.16. The van der Waals surface area contributed by atoms with Crippen molar-refractivity contribution in [3.05, 3.63) is 65.5 Å². The van der Waals surface area contributed by atoms with Gasteiger partial charge in [-0.15, -0.1) is 0 Å². The van der Waals surface area contributed by atoms with Crippen LogP contribution in [0.2, 0.25) is 0 Å². The number of carboxylic acids is 1. The van der Waals surface area contributed by atoms with E-state index in [0.29, 0.717) is 17.9 Å². The van der Waals surface area contributed by atoms with E-state index < -0.39 is 23.3 Å².